The van der Waals surface area contributed by atoms with Crippen molar-refractivity contribution in [2.45, 2.75) is 32.2 Å². The van der Waals surface area contributed by atoms with E-state index >= 15 is 0 Å². The Balaban J connectivity index is 1.50. The monoisotopic (exact) mass is 349 g/mol. The Bertz CT molecular complexity index is 804. The van der Waals surface area contributed by atoms with E-state index < -0.39 is 0 Å². The summed E-state index contributed by atoms with van der Waals surface area (Å²) in [6.07, 6.45) is 5.81. The Hall–Kier alpha value is -2.69. The number of likely N-dealkylation sites (tertiary alicyclic amines) is 1. The molecule has 134 valence electrons. The molecule has 2 fully saturated rings. The minimum atomic E-state index is -0.258. The fourth-order valence-corrected chi connectivity index (χ4v) is 4.04. The molecule has 5 heteroatoms. The van der Waals surface area contributed by atoms with Crippen molar-refractivity contribution in [1.82, 2.24) is 9.88 Å². The molecule has 2 aliphatic heterocycles. The number of carbonyl (C=O) groups excluding carboxylic acids is 2. The topological polar surface area (TPSA) is 53.5 Å². The Morgan fingerprint density at radius 1 is 1.12 bits per heavy atom. The first kappa shape index (κ1) is 16.8. The second-order valence-corrected chi connectivity index (χ2v) is 7.21. The van der Waals surface area contributed by atoms with Gasteiger partial charge in [-0.05, 0) is 49.6 Å². The number of pyridine rings is 1. The summed E-state index contributed by atoms with van der Waals surface area (Å²) in [6.45, 7) is 3.26. The van der Waals surface area contributed by atoms with Crippen LogP contribution >= 0.6 is 0 Å². The minimum Gasteiger partial charge on any atom is -0.335 e. The second-order valence-electron chi connectivity index (χ2n) is 7.21. The highest BCUT2D eigenvalue weighted by atomic mass is 16.2. The van der Waals surface area contributed by atoms with Gasteiger partial charge in [-0.3, -0.25) is 14.6 Å². The smallest absolute Gasteiger partial charge is 0.228 e. The quantitative estimate of drug-likeness (QED) is 0.855. The van der Waals surface area contributed by atoms with Crippen LogP contribution in [0.5, 0.6) is 0 Å². The third-order valence-corrected chi connectivity index (χ3v) is 5.45. The maximum Gasteiger partial charge on any atom is 0.228 e. The number of nitrogens with zero attached hydrogens (tertiary/aromatic N) is 3. The zero-order valence-corrected chi connectivity index (χ0v) is 15.0. The average Bonchev–Trinajstić information content (AvgIpc) is 3.30. The van der Waals surface area contributed by atoms with Crippen LogP contribution in [0.25, 0.3) is 0 Å². The molecule has 0 bridgehead atoms. The number of aromatic nitrogens is 1. The molecule has 1 aromatic carbocycles. The molecule has 26 heavy (non-hydrogen) atoms. The molecule has 0 radical (unpaired) electrons. The number of aryl methyl sites for hydroxylation is 1. The highest BCUT2D eigenvalue weighted by Crippen LogP contribution is 2.35. The van der Waals surface area contributed by atoms with Gasteiger partial charge < -0.3 is 9.80 Å². The lowest BCUT2D eigenvalue weighted by Crippen LogP contribution is -2.37. The van der Waals surface area contributed by atoms with E-state index in [4.69, 9.17) is 0 Å². The molecule has 0 spiro atoms. The number of rotatable bonds is 3. The van der Waals surface area contributed by atoms with Gasteiger partial charge >= 0.3 is 0 Å². The van der Waals surface area contributed by atoms with Crippen molar-refractivity contribution in [3.8, 4) is 0 Å². The molecule has 4 rings (SSSR count). The van der Waals surface area contributed by atoms with Gasteiger partial charge in [0.2, 0.25) is 11.8 Å². The highest BCUT2D eigenvalue weighted by Gasteiger charge is 2.40. The maximum absolute atomic E-state index is 13.1. The van der Waals surface area contributed by atoms with Crippen LogP contribution in [-0.4, -0.2) is 34.8 Å². The van der Waals surface area contributed by atoms with Crippen molar-refractivity contribution in [1.29, 1.82) is 0 Å². The molecule has 0 unspecified atom stereocenters. The molecule has 0 N–H and O–H groups in total. The zero-order valence-electron chi connectivity index (χ0n) is 15.0. The zero-order chi connectivity index (χ0) is 18.1. The predicted octanol–water partition coefficient (Wildman–Crippen LogP) is 3.11. The van der Waals surface area contributed by atoms with Crippen molar-refractivity contribution in [2.24, 2.45) is 5.92 Å². The number of hydrogen-bond donors (Lipinski definition) is 0. The molecular formula is C21H23N3O2. The fraction of sp³-hybridized carbons (Fsp3) is 0.381. The first-order chi connectivity index (χ1) is 12.6. The van der Waals surface area contributed by atoms with Crippen LogP contribution in [0, 0.1) is 12.8 Å². The molecule has 3 heterocycles. The van der Waals surface area contributed by atoms with E-state index in [-0.39, 0.29) is 23.8 Å². The normalized spacial score (nSPS) is 22.9. The van der Waals surface area contributed by atoms with Gasteiger partial charge in [0.05, 0.1) is 12.0 Å². The van der Waals surface area contributed by atoms with Gasteiger partial charge in [0.25, 0.3) is 0 Å². The van der Waals surface area contributed by atoms with Crippen LogP contribution in [0.4, 0.5) is 5.69 Å². The lowest BCUT2D eigenvalue weighted by Gasteiger charge is -2.27. The van der Waals surface area contributed by atoms with E-state index in [9.17, 15) is 9.59 Å². The number of hydrogen-bond acceptors (Lipinski definition) is 3. The lowest BCUT2D eigenvalue weighted by molar-refractivity contribution is -0.136. The third kappa shape index (κ3) is 3.09. The van der Waals surface area contributed by atoms with Gasteiger partial charge in [-0.15, -0.1) is 0 Å². The summed E-state index contributed by atoms with van der Waals surface area (Å²) < 4.78 is 0. The van der Waals surface area contributed by atoms with Crippen molar-refractivity contribution < 1.29 is 9.59 Å². The summed E-state index contributed by atoms with van der Waals surface area (Å²) in [4.78, 5) is 33.4. The van der Waals surface area contributed by atoms with Gasteiger partial charge in [-0.2, -0.15) is 0 Å². The summed E-state index contributed by atoms with van der Waals surface area (Å²) in [5, 5.41) is 0. The van der Waals surface area contributed by atoms with Crippen LogP contribution in [0.1, 0.15) is 36.4 Å². The molecule has 0 saturated carbocycles. The number of anilines is 1. The molecule has 2 atom stereocenters. The molecule has 2 aromatic rings. The summed E-state index contributed by atoms with van der Waals surface area (Å²) in [5.74, 6) is -0.120. The Morgan fingerprint density at radius 3 is 2.58 bits per heavy atom. The van der Waals surface area contributed by atoms with E-state index in [1.54, 1.807) is 17.3 Å². The van der Waals surface area contributed by atoms with Crippen LogP contribution in [0.15, 0.2) is 48.8 Å². The van der Waals surface area contributed by atoms with Crippen LogP contribution in [-0.2, 0) is 9.59 Å². The lowest BCUT2D eigenvalue weighted by atomic mass is 10.0. The van der Waals surface area contributed by atoms with Crippen molar-refractivity contribution in [2.75, 3.05) is 18.0 Å². The van der Waals surface area contributed by atoms with E-state index in [1.807, 2.05) is 48.2 Å². The van der Waals surface area contributed by atoms with Gasteiger partial charge in [0.1, 0.15) is 0 Å². The van der Waals surface area contributed by atoms with Crippen molar-refractivity contribution >= 4 is 17.5 Å². The SMILES string of the molecule is Cc1ccc(N2C[C@@H](C(=O)N3CCC[C@@H]3c3ccncc3)CC2=O)cc1. The number of amides is 2. The highest BCUT2D eigenvalue weighted by molar-refractivity contribution is 6.00. The van der Waals surface area contributed by atoms with Crippen LogP contribution in [0.2, 0.25) is 0 Å². The van der Waals surface area contributed by atoms with E-state index in [0.29, 0.717) is 13.0 Å². The molecule has 2 aliphatic rings. The number of carbonyl (C=O) groups is 2. The van der Waals surface area contributed by atoms with Crippen molar-refractivity contribution in [3.63, 3.8) is 0 Å². The van der Waals surface area contributed by atoms with Crippen LogP contribution in [0.3, 0.4) is 0 Å². The largest absolute Gasteiger partial charge is 0.335 e. The Labute approximate surface area is 153 Å². The van der Waals surface area contributed by atoms with Gasteiger partial charge in [0, 0.05) is 37.6 Å². The first-order valence-corrected chi connectivity index (χ1v) is 9.21. The summed E-state index contributed by atoms with van der Waals surface area (Å²) in [7, 11) is 0. The average molecular weight is 349 g/mol. The van der Waals surface area contributed by atoms with Gasteiger partial charge in [-0.1, -0.05) is 17.7 Å². The molecule has 5 nitrogen and oxygen atoms in total. The Kier molecular flexibility index (Phi) is 4.45. The summed E-state index contributed by atoms with van der Waals surface area (Å²) in [6, 6.07) is 12.0. The molecule has 0 aliphatic carbocycles. The van der Waals surface area contributed by atoms with Gasteiger partial charge in [-0.25, -0.2) is 0 Å². The molecule has 2 saturated heterocycles. The molecule has 1 aromatic heterocycles. The van der Waals surface area contributed by atoms with Gasteiger partial charge in [0.15, 0.2) is 0 Å². The van der Waals surface area contributed by atoms with E-state index in [2.05, 4.69) is 4.98 Å². The maximum atomic E-state index is 13.1. The predicted molar refractivity (Wildman–Crippen MR) is 99.6 cm³/mol. The summed E-state index contributed by atoms with van der Waals surface area (Å²) in [5.41, 5.74) is 3.17. The third-order valence-electron chi connectivity index (χ3n) is 5.45. The second kappa shape index (κ2) is 6.90. The van der Waals surface area contributed by atoms with E-state index in [0.717, 1.165) is 36.2 Å². The fourth-order valence-electron chi connectivity index (χ4n) is 4.04. The van der Waals surface area contributed by atoms with Crippen molar-refractivity contribution in [3.05, 3.63) is 59.9 Å². The molecule has 2 amide bonds. The Morgan fingerprint density at radius 2 is 1.85 bits per heavy atom. The minimum absolute atomic E-state index is 0.0341. The standard InChI is InChI=1S/C21H23N3O2/c1-15-4-6-18(7-5-15)24-14-17(13-20(24)25)21(26)23-12-2-3-19(23)16-8-10-22-11-9-16/h4-11,17,19H,2-3,12-14H2,1H3/t17-,19+/m0/s1. The molecular weight excluding hydrogens is 326 g/mol. The first-order valence-electron chi connectivity index (χ1n) is 9.21. The van der Waals surface area contributed by atoms with E-state index in [1.165, 1.54) is 0 Å². The number of benzene rings is 1. The van der Waals surface area contributed by atoms with Crippen LogP contribution < -0.4 is 4.90 Å². The summed E-state index contributed by atoms with van der Waals surface area (Å²) >= 11 is 0.